The molecule has 0 amide bonds. The van der Waals surface area contributed by atoms with Crippen LogP contribution in [-0.2, 0) is 4.74 Å². The lowest BCUT2D eigenvalue weighted by Gasteiger charge is -2.02. The summed E-state index contributed by atoms with van der Waals surface area (Å²) in [4.78, 5) is 23.8. The van der Waals surface area contributed by atoms with E-state index in [9.17, 15) is 14.7 Å². The second-order valence-corrected chi connectivity index (χ2v) is 5.75. The van der Waals surface area contributed by atoms with Crippen molar-refractivity contribution in [1.29, 1.82) is 0 Å². The van der Waals surface area contributed by atoms with E-state index < -0.39 is 0 Å². The highest BCUT2D eigenvalue weighted by atomic mass is 16.5. The van der Waals surface area contributed by atoms with Gasteiger partial charge in [0.25, 0.3) is 0 Å². The quantitative estimate of drug-likeness (QED) is 0.390. The summed E-state index contributed by atoms with van der Waals surface area (Å²) in [5.41, 5.74) is 1.68. The number of rotatable bonds is 6. The van der Waals surface area contributed by atoms with E-state index in [-0.39, 0.29) is 17.5 Å². The van der Waals surface area contributed by atoms with Gasteiger partial charge < -0.3 is 14.3 Å². The van der Waals surface area contributed by atoms with Gasteiger partial charge in [0.15, 0.2) is 5.78 Å². The van der Waals surface area contributed by atoms with E-state index in [0.717, 1.165) is 5.56 Å². The number of ether oxygens (including phenoxy) is 1. The molecule has 27 heavy (non-hydrogen) atoms. The maximum absolute atomic E-state index is 12.1. The number of carbonyl (C=O) groups is 2. The Labute approximate surface area is 156 Å². The van der Waals surface area contributed by atoms with Crippen LogP contribution >= 0.6 is 0 Å². The Balaban J connectivity index is 1.71. The molecule has 0 radical (unpaired) electrons. The highest BCUT2D eigenvalue weighted by molar-refractivity contribution is 6.06. The van der Waals surface area contributed by atoms with E-state index in [4.69, 9.17) is 9.15 Å². The lowest BCUT2D eigenvalue weighted by atomic mass is 10.1. The van der Waals surface area contributed by atoms with Gasteiger partial charge in [0, 0.05) is 11.1 Å². The molecule has 5 heteroatoms. The number of esters is 1. The number of hydrogen-bond acceptors (Lipinski definition) is 5. The highest BCUT2D eigenvalue weighted by Crippen LogP contribution is 2.23. The highest BCUT2D eigenvalue weighted by Gasteiger charge is 2.09. The third-order valence-corrected chi connectivity index (χ3v) is 3.84. The van der Waals surface area contributed by atoms with Crippen molar-refractivity contribution in [3.8, 4) is 17.1 Å². The summed E-state index contributed by atoms with van der Waals surface area (Å²) in [6.07, 6.45) is 2.96. The van der Waals surface area contributed by atoms with E-state index >= 15 is 0 Å². The predicted octanol–water partition coefficient (Wildman–Crippen LogP) is 4.73. The van der Waals surface area contributed by atoms with Crippen molar-refractivity contribution in [1.82, 2.24) is 0 Å². The topological polar surface area (TPSA) is 76.7 Å². The Hall–Kier alpha value is -3.60. The van der Waals surface area contributed by atoms with Crippen LogP contribution in [0.2, 0.25) is 0 Å². The van der Waals surface area contributed by atoms with Gasteiger partial charge in [-0.1, -0.05) is 24.3 Å². The second kappa shape index (κ2) is 8.19. The van der Waals surface area contributed by atoms with E-state index in [1.54, 1.807) is 61.5 Å². The SMILES string of the molecule is CCOC(=O)c1ccc(-c2ccc(/C=C/C(=O)c3cccc(O)c3)o2)cc1. The molecule has 0 aliphatic heterocycles. The number of phenols is 1. The number of benzene rings is 2. The summed E-state index contributed by atoms with van der Waals surface area (Å²) in [6.45, 7) is 2.09. The van der Waals surface area contributed by atoms with Gasteiger partial charge in [-0.05, 0) is 55.5 Å². The molecule has 1 N–H and O–H groups in total. The lowest BCUT2D eigenvalue weighted by molar-refractivity contribution is 0.0526. The molecule has 0 saturated carbocycles. The van der Waals surface area contributed by atoms with Crippen molar-refractivity contribution in [3.05, 3.63) is 83.6 Å². The molecule has 2 aromatic carbocycles. The number of furan rings is 1. The largest absolute Gasteiger partial charge is 0.508 e. The van der Waals surface area contributed by atoms with Crippen molar-refractivity contribution in [3.63, 3.8) is 0 Å². The van der Waals surface area contributed by atoms with E-state index in [2.05, 4.69) is 0 Å². The molecule has 0 atom stereocenters. The lowest BCUT2D eigenvalue weighted by Crippen LogP contribution is -2.03. The fourth-order valence-corrected chi connectivity index (χ4v) is 2.50. The Morgan fingerprint density at radius 1 is 1.04 bits per heavy atom. The molecule has 1 heterocycles. The number of hydrogen-bond donors (Lipinski definition) is 1. The molecule has 0 unspecified atom stereocenters. The van der Waals surface area contributed by atoms with Gasteiger partial charge in [0.2, 0.25) is 0 Å². The standard InChI is InChI=1S/C22H18O5/c1-2-26-22(25)16-8-6-15(7-9-16)21-13-11-19(27-21)10-12-20(24)17-4-3-5-18(23)14-17/h3-14,23H,2H2,1H3/b12-10+. The van der Waals surface area contributed by atoms with Crippen molar-refractivity contribution < 1.29 is 23.8 Å². The second-order valence-electron chi connectivity index (χ2n) is 5.75. The molecular formula is C22H18O5. The van der Waals surface area contributed by atoms with Crippen LogP contribution in [0, 0.1) is 0 Å². The fraction of sp³-hybridized carbons (Fsp3) is 0.0909. The zero-order chi connectivity index (χ0) is 19.2. The molecule has 136 valence electrons. The van der Waals surface area contributed by atoms with Gasteiger partial charge in [-0.3, -0.25) is 4.79 Å². The van der Waals surface area contributed by atoms with Crippen LogP contribution in [0.25, 0.3) is 17.4 Å². The molecule has 5 nitrogen and oxygen atoms in total. The van der Waals surface area contributed by atoms with Crippen molar-refractivity contribution in [2.75, 3.05) is 6.61 Å². The summed E-state index contributed by atoms with van der Waals surface area (Å²) in [7, 11) is 0. The van der Waals surface area contributed by atoms with Crippen LogP contribution in [0.3, 0.4) is 0 Å². The smallest absolute Gasteiger partial charge is 0.338 e. The molecule has 0 bridgehead atoms. The van der Waals surface area contributed by atoms with Crippen LogP contribution in [0.15, 0.2) is 71.2 Å². The van der Waals surface area contributed by atoms with Gasteiger partial charge in [-0.25, -0.2) is 4.79 Å². The van der Waals surface area contributed by atoms with Gasteiger partial charge in [-0.15, -0.1) is 0 Å². The fourth-order valence-electron chi connectivity index (χ4n) is 2.50. The number of ketones is 1. The average molecular weight is 362 g/mol. The molecule has 0 aliphatic rings. The van der Waals surface area contributed by atoms with Crippen LogP contribution in [0.1, 0.15) is 33.4 Å². The Morgan fingerprint density at radius 3 is 2.52 bits per heavy atom. The molecular weight excluding hydrogens is 344 g/mol. The number of phenolic OH excluding ortho intramolecular Hbond substituents is 1. The van der Waals surface area contributed by atoms with Crippen LogP contribution in [0.5, 0.6) is 5.75 Å². The van der Waals surface area contributed by atoms with Gasteiger partial charge in [0.05, 0.1) is 12.2 Å². The predicted molar refractivity (Wildman–Crippen MR) is 102 cm³/mol. The Bertz CT molecular complexity index is 980. The number of carbonyl (C=O) groups excluding carboxylic acids is 2. The molecule has 0 saturated heterocycles. The monoisotopic (exact) mass is 362 g/mol. The van der Waals surface area contributed by atoms with Gasteiger partial charge in [-0.2, -0.15) is 0 Å². The Morgan fingerprint density at radius 2 is 1.81 bits per heavy atom. The first kappa shape index (κ1) is 18.2. The van der Waals surface area contributed by atoms with Crippen LogP contribution in [0.4, 0.5) is 0 Å². The minimum Gasteiger partial charge on any atom is -0.508 e. The van der Waals surface area contributed by atoms with E-state index in [0.29, 0.717) is 29.3 Å². The normalized spacial score (nSPS) is 10.9. The molecule has 3 rings (SSSR count). The number of aromatic hydroxyl groups is 1. The van der Waals surface area contributed by atoms with Gasteiger partial charge in [0.1, 0.15) is 17.3 Å². The van der Waals surface area contributed by atoms with Crippen LogP contribution < -0.4 is 0 Å². The molecule has 3 aromatic rings. The first-order valence-corrected chi connectivity index (χ1v) is 8.45. The number of allylic oxidation sites excluding steroid dienone is 1. The van der Waals surface area contributed by atoms with E-state index in [1.165, 1.54) is 18.2 Å². The molecule has 0 fully saturated rings. The first-order valence-electron chi connectivity index (χ1n) is 8.45. The summed E-state index contributed by atoms with van der Waals surface area (Å²) in [5.74, 6) is 0.587. The molecule has 0 spiro atoms. The van der Waals surface area contributed by atoms with Gasteiger partial charge >= 0.3 is 5.97 Å². The van der Waals surface area contributed by atoms with Crippen molar-refractivity contribution in [2.45, 2.75) is 6.92 Å². The van der Waals surface area contributed by atoms with Crippen molar-refractivity contribution in [2.24, 2.45) is 0 Å². The molecule has 0 aliphatic carbocycles. The summed E-state index contributed by atoms with van der Waals surface area (Å²) < 4.78 is 10.7. The maximum atomic E-state index is 12.1. The zero-order valence-corrected chi connectivity index (χ0v) is 14.7. The summed E-state index contributed by atoms with van der Waals surface area (Å²) in [5, 5.41) is 9.44. The Kier molecular flexibility index (Phi) is 5.52. The maximum Gasteiger partial charge on any atom is 0.338 e. The summed E-state index contributed by atoms with van der Waals surface area (Å²) in [6, 6.07) is 16.6. The van der Waals surface area contributed by atoms with Crippen molar-refractivity contribution >= 4 is 17.8 Å². The zero-order valence-electron chi connectivity index (χ0n) is 14.7. The minimum absolute atomic E-state index is 0.0424. The third kappa shape index (κ3) is 4.52. The average Bonchev–Trinajstić information content (AvgIpc) is 3.15. The van der Waals surface area contributed by atoms with E-state index in [1.807, 2.05) is 0 Å². The molecule has 1 aromatic heterocycles. The minimum atomic E-state index is -0.363. The third-order valence-electron chi connectivity index (χ3n) is 3.84. The van der Waals surface area contributed by atoms with Crippen LogP contribution in [-0.4, -0.2) is 23.5 Å². The summed E-state index contributed by atoms with van der Waals surface area (Å²) >= 11 is 0. The first-order chi connectivity index (χ1) is 13.1.